The van der Waals surface area contributed by atoms with E-state index in [1.807, 2.05) is 36.4 Å². The van der Waals surface area contributed by atoms with Crippen molar-refractivity contribution in [3.63, 3.8) is 0 Å². The van der Waals surface area contributed by atoms with Crippen LogP contribution in [0.1, 0.15) is 30.4 Å². The zero-order chi connectivity index (χ0) is 23.8. The molecule has 3 aromatic rings. The predicted octanol–water partition coefficient (Wildman–Crippen LogP) is 6.85. The van der Waals surface area contributed by atoms with Crippen molar-refractivity contribution in [2.24, 2.45) is 11.8 Å². The Hall–Kier alpha value is -3.86. The van der Waals surface area contributed by atoms with Gasteiger partial charge in [0.25, 0.3) is 0 Å². The number of carbonyl (C=O) groups is 1. The molecule has 0 spiro atoms. The van der Waals surface area contributed by atoms with Crippen LogP contribution >= 0.6 is 0 Å². The molecule has 1 fully saturated rings. The number of carboxylic acids is 1. The molecule has 1 N–H and O–H groups in total. The van der Waals surface area contributed by atoms with Crippen molar-refractivity contribution in [2.45, 2.75) is 25.9 Å². The highest BCUT2D eigenvalue weighted by Gasteiger charge is 2.25. The van der Waals surface area contributed by atoms with Crippen LogP contribution in [0, 0.1) is 17.7 Å². The van der Waals surface area contributed by atoms with E-state index in [0.29, 0.717) is 11.3 Å². The van der Waals surface area contributed by atoms with Crippen LogP contribution in [0.15, 0.2) is 103 Å². The first-order chi connectivity index (χ1) is 16.6. The van der Waals surface area contributed by atoms with E-state index in [1.54, 1.807) is 24.3 Å². The standard InChI is InChI=1S/C22H17FO4.C7H10/c23-18-11-13-19(14-12-18)27-20(17-9-5-2-6-10-17)21(22(24)25)26-15-16-7-3-1-4-8-16;1-2-7-4-3-6(1)5-7/h1-14H,15H2,(H,24,25);1-2,6-7H,3-5H2. The molecule has 34 heavy (non-hydrogen) atoms. The number of hydrogen-bond donors (Lipinski definition) is 1. The first kappa shape index (κ1) is 23.3. The molecule has 0 aromatic heterocycles. The predicted molar refractivity (Wildman–Crippen MR) is 129 cm³/mol. The smallest absolute Gasteiger partial charge is 0.375 e. The molecule has 4 nitrogen and oxygen atoms in total. The zero-order valence-corrected chi connectivity index (χ0v) is 18.8. The molecule has 5 heteroatoms. The highest BCUT2D eigenvalue weighted by atomic mass is 19.1. The summed E-state index contributed by atoms with van der Waals surface area (Å²) in [6, 6.07) is 23.3. The van der Waals surface area contributed by atoms with E-state index in [0.717, 1.165) is 17.4 Å². The minimum atomic E-state index is -1.26. The van der Waals surface area contributed by atoms with Gasteiger partial charge in [-0.2, -0.15) is 0 Å². The van der Waals surface area contributed by atoms with Gasteiger partial charge >= 0.3 is 5.97 Å². The highest BCUT2D eigenvalue weighted by Crippen LogP contribution is 2.38. The van der Waals surface area contributed by atoms with E-state index in [9.17, 15) is 14.3 Å². The number of hydrogen-bond acceptors (Lipinski definition) is 3. The number of fused-ring (bicyclic) bond motifs is 2. The maximum Gasteiger partial charge on any atom is 0.375 e. The second-order valence-corrected chi connectivity index (χ2v) is 8.38. The van der Waals surface area contributed by atoms with Gasteiger partial charge in [-0.25, -0.2) is 9.18 Å². The quantitative estimate of drug-likeness (QED) is 0.239. The van der Waals surface area contributed by atoms with Crippen molar-refractivity contribution in [3.05, 3.63) is 120 Å². The normalized spacial score (nSPS) is 18.5. The Morgan fingerprint density at radius 1 is 0.853 bits per heavy atom. The van der Waals surface area contributed by atoms with Gasteiger partial charge in [0, 0.05) is 5.56 Å². The molecule has 0 heterocycles. The average molecular weight is 459 g/mol. The number of benzene rings is 3. The Labute approximate surface area is 199 Å². The van der Waals surface area contributed by atoms with Crippen molar-refractivity contribution < 1.29 is 23.8 Å². The third-order valence-electron chi connectivity index (χ3n) is 5.87. The summed E-state index contributed by atoms with van der Waals surface area (Å²) in [5.41, 5.74) is 1.36. The van der Waals surface area contributed by atoms with Crippen LogP contribution in [0.2, 0.25) is 0 Å². The first-order valence-electron chi connectivity index (χ1n) is 11.4. The lowest BCUT2D eigenvalue weighted by Gasteiger charge is -2.15. The molecule has 2 unspecified atom stereocenters. The van der Waals surface area contributed by atoms with Crippen LogP contribution in [0.4, 0.5) is 4.39 Å². The largest absolute Gasteiger partial charge is 0.479 e. The lowest BCUT2D eigenvalue weighted by molar-refractivity contribution is -0.136. The summed E-state index contributed by atoms with van der Waals surface area (Å²) in [6.07, 6.45) is 9.19. The summed E-state index contributed by atoms with van der Waals surface area (Å²) < 4.78 is 24.5. The molecule has 2 bridgehead atoms. The van der Waals surface area contributed by atoms with Crippen LogP contribution in [0.25, 0.3) is 5.76 Å². The summed E-state index contributed by atoms with van der Waals surface area (Å²) in [4.78, 5) is 11.9. The van der Waals surface area contributed by atoms with E-state index in [4.69, 9.17) is 9.47 Å². The number of halogens is 1. The summed E-state index contributed by atoms with van der Waals surface area (Å²) in [5, 5.41) is 9.68. The lowest BCUT2D eigenvalue weighted by Crippen LogP contribution is -2.12. The minimum Gasteiger partial charge on any atom is -0.479 e. The fourth-order valence-corrected chi connectivity index (χ4v) is 4.12. The van der Waals surface area contributed by atoms with E-state index in [1.165, 1.54) is 43.5 Å². The molecule has 0 saturated heterocycles. The van der Waals surface area contributed by atoms with E-state index in [-0.39, 0.29) is 18.1 Å². The van der Waals surface area contributed by atoms with Gasteiger partial charge in [0.05, 0.1) is 0 Å². The Morgan fingerprint density at radius 2 is 1.44 bits per heavy atom. The van der Waals surface area contributed by atoms with Crippen molar-refractivity contribution in [1.29, 1.82) is 0 Å². The third-order valence-corrected chi connectivity index (χ3v) is 5.87. The molecule has 0 radical (unpaired) electrons. The Morgan fingerprint density at radius 3 is 1.94 bits per heavy atom. The molecule has 0 aliphatic heterocycles. The molecule has 1 saturated carbocycles. The van der Waals surface area contributed by atoms with Crippen LogP contribution in [0.5, 0.6) is 5.75 Å². The number of aliphatic carboxylic acids is 1. The summed E-state index contributed by atoms with van der Waals surface area (Å²) >= 11 is 0. The van der Waals surface area contributed by atoms with Crippen LogP contribution in [-0.4, -0.2) is 11.1 Å². The third kappa shape index (κ3) is 6.35. The average Bonchev–Trinajstić information content (AvgIpc) is 3.53. The van der Waals surface area contributed by atoms with Crippen LogP contribution in [-0.2, 0) is 16.1 Å². The molecule has 2 aliphatic carbocycles. The molecular weight excluding hydrogens is 431 g/mol. The summed E-state index contributed by atoms with van der Waals surface area (Å²) in [7, 11) is 0. The van der Waals surface area contributed by atoms with Gasteiger partial charge < -0.3 is 14.6 Å². The number of carboxylic acid groups (broad SMARTS) is 1. The lowest BCUT2D eigenvalue weighted by atomic mass is 10.1. The zero-order valence-electron chi connectivity index (χ0n) is 18.8. The molecule has 5 rings (SSSR count). The van der Waals surface area contributed by atoms with Crippen molar-refractivity contribution in [2.75, 3.05) is 0 Å². The highest BCUT2D eigenvalue weighted by molar-refractivity contribution is 5.93. The van der Waals surface area contributed by atoms with Crippen molar-refractivity contribution >= 4 is 11.7 Å². The SMILES string of the molecule is C1=CC2CCC1C2.O=C(O)C(OCc1ccccc1)=C(Oc1ccc(F)cc1)c1ccccc1. The molecular formula is C29H27FO4. The maximum atomic E-state index is 13.2. The fourth-order valence-electron chi connectivity index (χ4n) is 4.12. The van der Waals surface area contributed by atoms with Gasteiger partial charge in [-0.3, -0.25) is 0 Å². The Bertz CT molecular complexity index is 1130. The van der Waals surface area contributed by atoms with E-state index < -0.39 is 11.8 Å². The number of allylic oxidation sites excluding steroid dienone is 2. The Balaban J connectivity index is 0.000000328. The van der Waals surface area contributed by atoms with E-state index in [2.05, 4.69) is 12.2 Å². The first-order valence-corrected chi connectivity index (χ1v) is 11.4. The van der Waals surface area contributed by atoms with Crippen molar-refractivity contribution in [3.8, 4) is 5.75 Å². The van der Waals surface area contributed by atoms with Crippen LogP contribution in [0.3, 0.4) is 0 Å². The maximum absolute atomic E-state index is 13.2. The van der Waals surface area contributed by atoms with Crippen molar-refractivity contribution in [1.82, 2.24) is 0 Å². The number of ether oxygens (including phenoxy) is 2. The second-order valence-electron chi connectivity index (χ2n) is 8.38. The van der Waals surface area contributed by atoms with Crippen LogP contribution < -0.4 is 4.74 Å². The topological polar surface area (TPSA) is 55.8 Å². The van der Waals surface area contributed by atoms with Gasteiger partial charge in [-0.15, -0.1) is 0 Å². The monoisotopic (exact) mass is 458 g/mol. The molecule has 3 aromatic carbocycles. The number of rotatable bonds is 7. The minimum absolute atomic E-state index is 0.0469. The molecule has 2 atom stereocenters. The van der Waals surface area contributed by atoms with Gasteiger partial charge in [0.1, 0.15) is 18.2 Å². The van der Waals surface area contributed by atoms with E-state index >= 15 is 0 Å². The fraction of sp³-hybridized carbons (Fsp3) is 0.207. The molecule has 0 amide bonds. The van der Waals surface area contributed by atoms with Gasteiger partial charge in [-0.1, -0.05) is 72.8 Å². The van der Waals surface area contributed by atoms with Gasteiger partial charge in [0.15, 0.2) is 5.76 Å². The molecule has 174 valence electrons. The Kier molecular flexibility index (Phi) is 7.76. The van der Waals surface area contributed by atoms with Gasteiger partial charge in [0.2, 0.25) is 5.76 Å². The molecule has 2 aliphatic rings. The van der Waals surface area contributed by atoms with Gasteiger partial charge in [-0.05, 0) is 60.9 Å². The summed E-state index contributed by atoms with van der Waals surface area (Å²) in [5.74, 6) is 0.339. The second kappa shape index (κ2) is 11.3. The summed E-state index contributed by atoms with van der Waals surface area (Å²) in [6.45, 7) is 0.0750.